The first-order chi connectivity index (χ1) is 18.6. The number of aromatic nitrogens is 5. The number of pyridine rings is 1. The first-order valence-corrected chi connectivity index (χ1v) is 13.0. The Morgan fingerprint density at radius 3 is 2.89 bits per heavy atom. The van der Waals surface area contributed by atoms with Crippen LogP contribution in [0.1, 0.15) is 35.0 Å². The Kier molecular flexibility index (Phi) is 6.15. The zero-order valence-corrected chi connectivity index (χ0v) is 21.0. The van der Waals surface area contributed by atoms with Crippen molar-refractivity contribution in [3.05, 3.63) is 92.6 Å². The third-order valence-corrected chi connectivity index (χ3v) is 7.18. The lowest BCUT2D eigenvalue weighted by molar-refractivity contribution is -0.121. The van der Waals surface area contributed by atoms with Gasteiger partial charge in [0.25, 0.3) is 5.56 Å². The summed E-state index contributed by atoms with van der Waals surface area (Å²) in [6, 6.07) is 13.1. The second-order valence-corrected chi connectivity index (χ2v) is 9.74. The van der Waals surface area contributed by atoms with E-state index < -0.39 is 0 Å². The number of carbonyl (C=O) groups excluding carboxylic acids is 1. The number of benzene rings is 1. The highest BCUT2D eigenvalue weighted by Gasteiger charge is 2.27. The quantitative estimate of drug-likeness (QED) is 0.310. The maximum atomic E-state index is 13.7. The van der Waals surface area contributed by atoms with Crippen molar-refractivity contribution in [3.8, 4) is 17.6 Å². The van der Waals surface area contributed by atoms with Crippen molar-refractivity contribution in [2.24, 2.45) is 0 Å². The molecule has 5 heterocycles. The van der Waals surface area contributed by atoms with Crippen LogP contribution >= 0.6 is 11.3 Å². The summed E-state index contributed by atoms with van der Waals surface area (Å²) in [6.07, 6.45) is 4.80. The number of H-pyrrole nitrogens is 1. The third kappa shape index (κ3) is 4.53. The van der Waals surface area contributed by atoms with E-state index >= 15 is 0 Å². The molecule has 1 unspecified atom stereocenters. The normalized spacial score (nSPS) is 14.4. The van der Waals surface area contributed by atoms with Gasteiger partial charge in [0.05, 0.1) is 35.4 Å². The Hall–Kier alpha value is -4.82. The average Bonchev–Trinajstić information content (AvgIpc) is 3.63. The summed E-state index contributed by atoms with van der Waals surface area (Å²) in [5.41, 5.74) is 6.30. The predicted octanol–water partition coefficient (Wildman–Crippen LogP) is 3.53. The van der Waals surface area contributed by atoms with Crippen molar-refractivity contribution < 1.29 is 4.79 Å². The van der Waals surface area contributed by atoms with Crippen molar-refractivity contribution in [3.63, 3.8) is 0 Å². The molecule has 6 rings (SSSR count). The second-order valence-electron chi connectivity index (χ2n) is 9.03. The number of nitrogens with zero attached hydrogens (tertiary/aromatic N) is 5. The molecule has 0 saturated carbocycles. The highest BCUT2D eigenvalue weighted by molar-refractivity contribution is 7.07. The van der Waals surface area contributed by atoms with E-state index in [1.807, 2.05) is 29.6 Å². The van der Waals surface area contributed by atoms with Gasteiger partial charge in [-0.1, -0.05) is 12.1 Å². The number of aryl methyl sites for hydroxylation is 1. The minimum absolute atomic E-state index is 0.103. The molecule has 188 valence electrons. The van der Waals surface area contributed by atoms with Gasteiger partial charge in [-0.05, 0) is 42.7 Å². The van der Waals surface area contributed by atoms with E-state index in [2.05, 4.69) is 31.7 Å². The van der Waals surface area contributed by atoms with Crippen LogP contribution in [0.5, 0.6) is 0 Å². The fraction of sp³-hybridized carbons (Fsp3) is 0.185. The Morgan fingerprint density at radius 1 is 1.26 bits per heavy atom. The smallest absolute Gasteiger partial charge is 0.277 e. The molecule has 0 spiro atoms. The van der Waals surface area contributed by atoms with Gasteiger partial charge in [0.1, 0.15) is 17.9 Å². The minimum Gasteiger partial charge on any atom is -0.372 e. The van der Waals surface area contributed by atoms with E-state index in [-0.39, 0.29) is 30.6 Å². The summed E-state index contributed by atoms with van der Waals surface area (Å²) in [7, 11) is 0. The first-order valence-electron chi connectivity index (χ1n) is 12.1. The summed E-state index contributed by atoms with van der Waals surface area (Å²) in [4.78, 5) is 43.2. The lowest BCUT2D eigenvalue weighted by atomic mass is 9.96. The average molecular weight is 523 g/mol. The Balaban J connectivity index is 1.27. The third-order valence-electron chi connectivity index (χ3n) is 6.59. The molecule has 10 nitrogen and oxygen atoms in total. The van der Waals surface area contributed by atoms with Gasteiger partial charge < -0.3 is 15.6 Å². The molecule has 11 heteroatoms. The number of anilines is 1. The van der Waals surface area contributed by atoms with Crippen molar-refractivity contribution in [1.29, 1.82) is 5.26 Å². The second kappa shape index (κ2) is 9.91. The molecule has 1 atom stereocenters. The Bertz CT molecular complexity index is 1700. The summed E-state index contributed by atoms with van der Waals surface area (Å²) < 4.78 is 1.38. The fourth-order valence-electron chi connectivity index (χ4n) is 4.68. The lowest BCUT2D eigenvalue weighted by Gasteiger charge is -2.27. The maximum absolute atomic E-state index is 13.7. The van der Waals surface area contributed by atoms with Crippen LogP contribution in [-0.2, 0) is 24.3 Å². The van der Waals surface area contributed by atoms with Crippen molar-refractivity contribution in [2.75, 3.05) is 5.32 Å². The zero-order valence-electron chi connectivity index (χ0n) is 20.1. The van der Waals surface area contributed by atoms with Gasteiger partial charge in [-0.2, -0.15) is 5.26 Å². The van der Waals surface area contributed by atoms with Crippen LogP contribution in [0.15, 0.2) is 64.5 Å². The standard InChI is InChI=1S/C27H22N8O2S/c28-10-16-1-3-17(4-2-16)20-5-6-22-25(33-20)27(37)35(26(34-22)23-14-38-15-31-23)13-24(36)30-12-19-9-18-11-29-8-7-21(18)32-19/h1-4,7-9,11,14-15,20,32-33H,5-6,12-13H2,(H,30,36). The summed E-state index contributed by atoms with van der Waals surface area (Å²) in [5, 5.41) is 18.1. The molecule has 5 aromatic rings. The molecular weight excluding hydrogens is 500 g/mol. The minimum atomic E-state index is -0.318. The molecular formula is C27H22N8O2S. The van der Waals surface area contributed by atoms with Crippen molar-refractivity contribution >= 4 is 33.8 Å². The van der Waals surface area contributed by atoms with Gasteiger partial charge >= 0.3 is 0 Å². The molecule has 38 heavy (non-hydrogen) atoms. The highest BCUT2D eigenvalue weighted by atomic mass is 32.1. The van der Waals surface area contributed by atoms with Gasteiger partial charge in [0, 0.05) is 34.4 Å². The first kappa shape index (κ1) is 23.6. The number of nitriles is 1. The largest absolute Gasteiger partial charge is 0.372 e. The number of amides is 1. The molecule has 0 bridgehead atoms. The van der Waals surface area contributed by atoms with Crippen LogP contribution in [-0.4, -0.2) is 30.4 Å². The molecule has 0 saturated heterocycles. The number of fused-ring (bicyclic) bond motifs is 2. The number of hydrogen-bond acceptors (Lipinski definition) is 8. The summed E-state index contributed by atoms with van der Waals surface area (Å²) in [6.45, 7) is 0.0860. The molecule has 1 aliphatic rings. The SMILES string of the molecule is N#Cc1ccc(C2CCc3nc(-c4cscn4)n(CC(=O)NCc4cc5cnccc5[nH]4)c(=O)c3N2)cc1. The van der Waals surface area contributed by atoms with E-state index in [0.29, 0.717) is 34.9 Å². The molecule has 4 aromatic heterocycles. The summed E-state index contributed by atoms with van der Waals surface area (Å²) in [5.74, 6) is 0.0574. The molecule has 0 aliphatic carbocycles. The van der Waals surface area contributed by atoms with Crippen molar-refractivity contribution in [1.82, 2.24) is 29.8 Å². The number of aromatic amines is 1. The van der Waals surface area contributed by atoms with Crippen LogP contribution in [0.3, 0.4) is 0 Å². The molecule has 0 radical (unpaired) electrons. The van der Waals surface area contributed by atoms with E-state index in [9.17, 15) is 9.59 Å². The molecule has 1 aliphatic heterocycles. The van der Waals surface area contributed by atoms with Crippen molar-refractivity contribution in [2.45, 2.75) is 32.0 Å². The van der Waals surface area contributed by atoms with Crippen LogP contribution < -0.4 is 16.2 Å². The molecule has 1 aromatic carbocycles. The Morgan fingerprint density at radius 2 is 2.13 bits per heavy atom. The lowest BCUT2D eigenvalue weighted by Crippen LogP contribution is -2.36. The van der Waals surface area contributed by atoms with Crippen LogP contribution in [0.25, 0.3) is 22.4 Å². The van der Waals surface area contributed by atoms with Crippen LogP contribution in [0.4, 0.5) is 5.69 Å². The number of rotatable bonds is 6. The van der Waals surface area contributed by atoms with E-state index in [1.54, 1.807) is 30.0 Å². The predicted molar refractivity (Wildman–Crippen MR) is 143 cm³/mol. The van der Waals surface area contributed by atoms with Gasteiger partial charge in [-0.15, -0.1) is 11.3 Å². The van der Waals surface area contributed by atoms with Crippen LogP contribution in [0.2, 0.25) is 0 Å². The molecule has 3 N–H and O–H groups in total. The van der Waals surface area contributed by atoms with Crippen LogP contribution in [0, 0.1) is 11.3 Å². The maximum Gasteiger partial charge on any atom is 0.277 e. The number of carbonyl (C=O) groups is 1. The number of hydrogen-bond donors (Lipinski definition) is 3. The van der Waals surface area contributed by atoms with Gasteiger partial charge in [-0.25, -0.2) is 9.97 Å². The number of thiazole rings is 1. The molecule has 0 fully saturated rings. The Labute approximate surface area is 221 Å². The highest BCUT2D eigenvalue weighted by Crippen LogP contribution is 2.31. The van der Waals surface area contributed by atoms with E-state index in [4.69, 9.17) is 10.2 Å². The number of nitrogens with one attached hydrogen (secondary N) is 3. The van der Waals surface area contributed by atoms with E-state index in [1.165, 1.54) is 15.9 Å². The van der Waals surface area contributed by atoms with Gasteiger partial charge in [0.15, 0.2) is 5.82 Å². The monoisotopic (exact) mass is 522 g/mol. The topological polar surface area (TPSA) is 141 Å². The van der Waals surface area contributed by atoms with Gasteiger partial charge in [0.2, 0.25) is 5.91 Å². The summed E-state index contributed by atoms with van der Waals surface area (Å²) >= 11 is 1.40. The van der Waals surface area contributed by atoms with Gasteiger partial charge in [-0.3, -0.25) is 19.1 Å². The zero-order chi connectivity index (χ0) is 26.1. The fourth-order valence-corrected chi connectivity index (χ4v) is 5.21. The van der Waals surface area contributed by atoms with E-state index in [0.717, 1.165) is 28.6 Å². The molecule has 1 amide bonds.